The minimum atomic E-state index is -0.0297. The second-order valence-electron chi connectivity index (χ2n) is 6.28. The molecule has 1 aromatic carbocycles. The van der Waals surface area contributed by atoms with Gasteiger partial charge in [0.25, 0.3) is 0 Å². The predicted octanol–water partition coefficient (Wildman–Crippen LogP) is 3.02. The molecule has 0 unspecified atom stereocenters. The molecule has 7 heteroatoms. The Morgan fingerprint density at radius 1 is 1.23 bits per heavy atom. The van der Waals surface area contributed by atoms with Crippen LogP contribution in [0.3, 0.4) is 0 Å². The number of hydrogen-bond acceptors (Lipinski definition) is 3. The van der Waals surface area contributed by atoms with Crippen LogP contribution in [0, 0.1) is 0 Å². The molecule has 0 spiro atoms. The first-order valence-corrected chi connectivity index (χ1v) is 9.80. The summed E-state index contributed by atoms with van der Waals surface area (Å²) >= 11 is 1.74. The number of nitrogens with one attached hydrogen (secondary N) is 2. The quantitative estimate of drug-likeness (QED) is 0.539. The molecule has 2 amide bonds. The van der Waals surface area contributed by atoms with E-state index < -0.39 is 0 Å². The van der Waals surface area contributed by atoms with Gasteiger partial charge in [0.05, 0.1) is 6.54 Å². The second-order valence-corrected chi connectivity index (χ2v) is 7.31. The zero-order valence-electron chi connectivity index (χ0n) is 14.8. The van der Waals surface area contributed by atoms with Gasteiger partial charge in [0.2, 0.25) is 0 Å². The number of nitrogens with zero attached hydrogens (tertiary/aromatic N) is 2. The lowest BCUT2D eigenvalue weighted by Gasteiger charge is -2.16. The number of thiophene rings is 1. The molecular weight excluding hydrogens is 346 g/mol. The molecular formula is C19H25N5OS. The van der Waals surface area contributed by atoms with Crippen molar-refractivity contribution in [3.63, 3.8) is 0 Å². The van der Waals surface area contributed by atoms with Crippen LogP contribution in [0.25, 0.3) is 0 Å². The van der Waals surface area contributed by atoms with Gasteiger partial charge in [0.15, 0.2) is 5.96 Å². The highest BCUT2D eigenvalue weighted by Gasteiger charge is 2.17. The van der Waals surface area contributed by atoms with Gasteiger partial charge in [-0.2, -0.15) is 0 Å². The summed E-state index contributed by atoms with van der Waals surface area (Å²) < 4.78 is 0. The summed E-state index contributed by atoms with van der Waals surface area (Å²) in [5, 5.41) is 8.16. The molecule has 1 aromatic heterocycles. The molecule has 0 radical (unpaired) electrons. The number of anilines is 1. The van der Waals surface area contributed by atoms with Gasteiger partial charge in [-0.1, -0.05) is 18.2 Å². The molecule has 0 atom stereocenters. The summed E-state index contributed by atoms with van der Waals surface area (Å²) in [6.07, 6.45) is 3.10. The van der Waals surface area contributed by atoms with Gasteiger partial charge in [-0.05, 0) is 48.4 Å². The fourth-order valence-electron chi connectivity index (χ4n) is 2.87. The van der Waals surface area contributed by atoms with E-state index >= 15 is 0 Å². The predicted molar refractivity (Wildman–Crippen MR) is 108 cm³/mol. The van der Waals surface area contributed by atoms with Crippen molar-refractivity contribution in [3.8, 4) is 0 Å². The Hall–Kier alpha value is -2.54. The fourth-order valence-corrected chi connectivity index (χ4v) is 3.58. The van der Waals surface area contributed by atoms with Crippen molar-refractivity contribution in [2.24, 2.45) is 10.7 Å². The summed E-state index contributed by atoms with van der Waals surface area (Å²) in [5.74, 6) is 0.438. The molecule has 1 fully saturated rings. The number of amides is 2. The number of hydrogen-bond donors (Lipinski definition) is 3. The first-order chi connectivity index (χ1) is 12.7. The highest BCUT2D eigenvalue weighted by Crippen LogP contribution is 2.14. The highest BCUT2D eigenvalue weighted by atomic mass is 32.1. The molecule has 2 heterocycles. The van der Waals surface area contributed by atoms with E-state index in [0.29, 0.717) is 12.5 Å². The summed E-state index contributed by atoms with van der Waals surface area (Å²) in [7, 11) is 0. The van der Waals surface area contributed by atoms with E-state index in [0.717, 1.165) is 50.1 Å². The van der Waals surface area contributed by atoms with Crippen molar-refractivity contribution < 1.29 is 4.79 Å². The van der Waals surface area contributed by atoms with Crippen LogP contribution in [0.2, 0.25) is 0 Å². The summed E-state index contributed by atoms with van der Waals surface area (Å²) in [6, 6.07) is 11.9. The molecule has 26 heavy (non-hydrogen) atoms. The van der Waals surface area contributed by atoms with Crippen LogP contribution in [0.4, 0.5) is 10.5 Å². The van der Waals surface area contributed by atoms with Gasteiger partial charge in [-0.15, -0.1) is 11.3 Å². The molecule has 4 N–H and O–H groups in total. The van der Waals surface area contributed by atoms with Crippen LogP contribution in [-0.4, -0.2) is 36.5 Å². The van der Waals surface area contributed by atoms with Gasteiger partial charge < -0.3 is 21.3 Å². The lowest BCUT2D eigenvalue weighted by atomic mass is 10.2. The SMILES string of the molecule is NC(=NCc1cccc(NC(=O)N2CCCC2)c1)NCCc1cccs1. The molecule has 3 rings (SSSR count). The van der Waals surface area contributed by atoms with E-state index in [-0.39, 0.29) is 6.03 Å². The molecule has 6 nitrogen and oxygen atoms in total. The zero-order chi connectivity index (χ0) is 18.2. The van der Waals surface area contributed by atoms with Crippen molar-refractivity contribution >= 4 is 29.0 Å². The Bertz CT molecular complexity index is 738. The van der Waals surface area contributed by atoms with Gasteiger partial charge in [0.1, 0.15) is 0 Å². The van der Waals surface area contributed by atoms with E-state index in [1.165, 1.54) is 4.88 Å². The van der Waals surface area contributed by atoms with Crippen LogP contribution < -0.4 is 16.4 Å². The Morgan fingerprint density at radius 2 is 2.08 bits per heavy atom. The average Bonchev–Trinajstić information content (AvgIpc) is 3.34. The topological polar surface area (TPSA) is 82.7 Å². The third-order valence-corrected chi connectivity index (χ3v) is 5.20. The normalized spacial score (nSPS) is 14.5. The number of carbonyl (C=O) groups is 1. The molecule has 0 bridgehead atoms. The van der Waals surface area contributed by atoms with E-state index in [9.17, 15) is 4.79 Å². The minimum absolute atomic E-state index is 0.0297. The number of nitrogens with two attached hydrogens (primary N) is 1. The molecule has 1 aliphatic heterocycles. The first kappa shape index (κ1) is 18.3. The standard InChI is InChI=1S/C19H25N5OS/c20-18(21-9-8-17-7-4-12-26-17)22-14-15-5-3-6-16(13-15)23-19(25)24-10-1-2-11-24/h3-7,12-13H,1-2,8-11,14H2,(H,23,25)(H3,20,21,22). The molecule has 1 aliphatic rings. The van der Waals surface area contributed by atoms with Crippen molar-refractivity contribution in [3.05, 3.63) is 52.2 Å². The number of likely N-dealkylation sites (tertiary alicyclic amines) is 1. The van der Waals surface area contributed by atoms with E-state index in [2.05, 4.69) is 27.1 Å². The average molecular weight is 372 g/mol. The fraction of sp³-hybridized carbons (Fsp3) is 0.368. The molecule has 0 aliphatic carbocycles. The molecule has 1 saturated heterocycles. The van der Waals surface area contributed by atoms with E-state index in [4.69, 9.17) is 5.73 Å². The van der Waals surface area contributed by atoms with Crippen molar-refractivity contribution in [2.75, 3.05) is 25.0 Å². The first-order valence-electron chi connectivity index (χ1n) is 8.92. The second kappa shape index (κ2) is 9.24. The molecule has 138 valence electrons. The maximum absolute atomic E-state index is 12.2. The van der Waals surface area contributed by atoms with Crippen LogP contribution in [0.5, 0.6) is 0 Å². The monoisotopic (exact) mass is 371 g/mol. The number of carbonyl (C=O) groups excluding carboxylic acids is 1. The van der Waals surface area contributed by atoms with Crippen LogP contribution in [0.15, 0.2) is 46.8 Å². The molecule has 0 saturated carbocycles. The van der Waals surface area contributed by atoms with Crippen molar-refractivity contribution in [1.29, 1.82) is 0 Å². The third-order valence-electron chi connectivity index (χ3n) is 4.26. The van der Waals surface area contributed by atoms with Crippen molar-refractivity contribution in [2.45, 2.75) is 25.8 Å². The summed E-state index contributed by atoms with van der Waals surface area (Å²) in [4.78, 5) is 19.7. The maximum Gasteiger partial charge on any atom is 0.321 e. The number of guanidine groups is 1. The number of benzene rings is 1. The lowest BCUT2D eigenvalue weighted by molar-refractivity contribution is 0.222. The van der Waals surface area contributed by atoms with Gasteiger partial charge in [0, 0.05) is 30.2 Å². The number of aliphatic imine (C=N–C) groups is 1. The largest absolute Gasteiger partial charge is 0.370 e. The van der Waals surface area contributed by atoms with E-state index in [1.807, 2.05) is 35.2 Å². The third kappa shape index (κ3) is 5.49. The smallest absolute Gasteiger partial charge is 0.321 e. The Kier molecular flexibility index (Phi) is 6.49. The Labute approximate surface area is 158 Å². The highest BCUT2D eigenvalue weighted by molar-refractivity contribution is 7.09. The van der Waals surface area contributed by atoms with Gasteiger partial charge in [-0.25, -0.2) is 9.79 Å². The Balaban J connectivity index is 1.47. The lowest BCUT2D eigenvalue weighted by Crippen LogP contribution is -2.33. The summed E-state index contributed by atoms with van der Waals surface area (Å²) in [6.45, 7) is 2.92. The van der Waals surface area contributed by atoms with Gasteiger partial charge in [-0.3, -0.25) is 0 Å². The van der Waals surface area contributed by atoms with Gasteiger partial charge >= 0.3 is 6.03 Å². The van der Waals surface area contributed by atoms with Crippen LogP contribution in [-0.2, 0) is 13.0 Å². The van der Waals surface area contributed by atoms with Crippen LogP contribution >= 0.6 is 11.3 Å². The summed E-state index contributed by atoms with van der Waals surface area (Å²) in [5.41, 5.74) is 7.73. The maximum atomic E-state index is 12.2. The minimum Gasteiger partial charge on any atom is -0.370 e. The van der Waals surface area contributed by atoms with Crippen LogP contribution in [0.1, 0.15) is 23.3 Å². The van der Waals surface area contributed by atoms with E-state index in [1.54, 1.807) is 11.3 Å². The molecule has 2 aromatic rings. The van der Waals surface area contributed by atoms with Crippen molar-refractivity contribution in [1.82, 2.24) is 10.2 Å². The zero-order valence-corrected chi connectivity index (χ0v) is 15.6. The Morgan fingerprint density at radius 3 is 2.85 bits per heavy atom. The number of urea groups is 1. The number of rotatable bonds is 6.